The van der Waals surface area contributed by atoms with Gasteiger partial charge in [-0.2, -0.15) is 0 Å². The van der Waals surface area contributed by atoms with E-state index < -0.39 is 0 Å². The molecule has 0 aliphatic carbocycles. The van der Waals surface area contributed by atoms with E-state index in [0.29, 0.717) is 18.9 Å². The lowest BCUT2D eigenvalue weighted by Gasteiger charge is -2.18. The molecule has 0 fully saturated rings. The summed E-state index contributed by atoms with van der Waals surface area (Å²) < 4.78 is 16.4. The van der Waals surface area contributed by atoms with Gasteiger partial charge in [0.05, 0.1) is 0 Å². The molecular weight excluding hydrogens is 270 g/mol. The lowest BCUT2D eigenvalue weighted by Crippen LogP contribution is -2.30. The highest BCUT2D eigenvalue weighted by atomic mass is 16.5. The zero-order valence-corrected chi connectivity index (χ0v) is 12.9. The second-order valence-corrected chi connectivity index (χ2v) is 5.77. The molecule has 5 nitrogen and oxygen atoms in total. The SMILES string of the molecule is COCCCNC(=O)COc1cccc2c1OC(C)(C)C2. The van der Waals surface area contributed by atoms with Gasteiger partial charge in [-0.1, -0.05) is 12.1 Å². The number of methoxy groups -OCH3 is 1. The molecular formula is C16H23NO4. The number of benzene rings is 1. The van der Waals surface area contributed by atoms with Crippen LogP contribution in [0.5, 0.6) is 11.5 Å². The van der Waals surface area contributed by atoms with Crippen LogP contribution in [0.1, 0.15) is 25.8 Å². The molecule has 1 aliphatic rings. The van der Waals surface area contributed by atoms with Gasteiger partial charge in [-0.3, -0.25) is 4.79 Å². The molecule has 0 bridgehead atoms. The van der Waals surface area contributed by atoms with E-state index in [2.05, 4.69) is 5.32 Å². The van der Waals surface area contributed by atoms with Gasteiger partial charge in [0.1, 0.15) is 5.60 Å². The Morgan fingerprint density at radius 2 is 2.24 bits per heavy atom. The fourth-order valence-electron chi connectivity index (χ4n) is 2.34. The smallest absolute Gasteiger partial charge is 0.257 e. The van der Waals surface area contributed by atoms with E-state index >= 15 is 0 Å². The van der Waals surface area contributed by atoms with Crippen LogP contribution in [-0.4, -0.2) is 38.4 Å². The quantitative estimate of drug-likeness (QED) is 0.781. The van der Waals surface area contributed by atoms with E-state index in [1.54, 1.807) is 7.11 Å². The van der Waals surface area contributed by atoms with Gasteiger partial charge in [0, 0.05) is 32.2 Å². The van der Waals surface area contributed by atoms with E-state index in [1.807, 2.05) is 32.0 Å². The van der Waals surface area contributed by atoms with Crippen molar-refractivity contribution in [2.24, 2.45) is 0 Å². The van der Waals surface area contributed by atoms with Gasteiger partial charge >= 0.3 is 0 Å². The van der Waals surface area contributed by atoms with Crippen LogP contribution in [0.3, 0.4) is 0 Å². The van der Waals surface area contributed by atoms with Crippen LogP contribution in [-0.2, 0) is 16.0 Å². The molecule has 1 aromatic rings. The largest absolute Gasteiger partial charge is 0.483 e. The minimum Gasteiger partial charge on any atom is -0.483 e. The van der Waals surface area contributed by atoms with Crippen molar-refractivity contribution in [2.75, 3.05) is 26.9 Å². The predicted octanol–water partition coefficient (Wildman–Crippen LogP) is 1.93. The summed E-state index contributed by atoms with van der Waals surface area (Å²) in [6.07, 6.45) is 1.64. The number of amides is 1. The fraction of sp³-hybridized carbons (Fsp3) is 0.562. The molecule has 5 heteroatoms. The molecule has 1 aromatic carbocycles. The molecule has 0 unspecified atom stereocenters. The second kappa shape index (κ2) is 6.80. The van der Waals surface area contributed by atoms with Gasteiger partial charge in [0.15, 0.2) is 18.1 Å². The number of ether oxygens (including phenoxy) is 3. The van der Waals surface area contributed by atoms with E-state index in [-0.39, 0.29) is 18.1 Å². The van der Waals surface area contributed by atoms with Crippen molar-refractivity contribution < 1.29 is 19.0 Å². The average molecular weight is 293 g/mol. The summed E-state index contributed by atoms with van der Waals surface area (Å²) >= 11 is 0. The number of para-hydroxylation sites is 1. The number of carbonyl (C=O) groups is 1. The van der Waals surface area contributed by atoms with Gasteiger partial charge in [0.25, 0.3) is 5.91 Å². The minimum atomic E-state index is -0.218. The molecule has 1 N–H and O–H groups in total. The molecule has 1 amide bonds. The van der Waals surface area contributed by atoms with Crippen LogP contribution in [0.4, 0.5) is 0 Å². The zero-order valence-electron chi connectivity index (χ0n) is 12.9. The van der Waals surface area contributed by atoms with Gasteiger partial charge in [0.2, 0.25) is 0 Å². The number of nitrogens with one attached hydrogen (secondary N) is 1. The van der Waals surface area contributed by atoms with Crippen LogP contribution >= 0.6 is 0 Å². The summed E-state index contributed by atoms with van der Waals surface area (Å²) in [6.45, 7) is 5.30. The Labute approximate surface area is 125 Å². The van der Waals surface area contributed by atoms with Crippen molar-refractivity contribution in [3.8, 4) is 11.5 Å². The van der Waals surface area contributed by atoms with Gasteiger partial charge < -0.3 is 19.5 Å². The molecule has 0 spiro atoms. The third kappa shape index (κ3) is 4.36. The lowest BCUT2D eigenvalue weighted by molar-refractivity contribution is -0.123. The standard InChI is InChI=1S/C16H23NO4/c1-16(2)10-12-6-4-7-13(15(12)21-16)20-11-14(18)17-8-5-9-19-3/h4,6-7H,5,8-11H2,1-3H3,(H,17,18). The first-order valence-corrected chi connectivity index (χ1v) is 7.21. The normalized spacial score (nSPS) is 15.2. The first-order chi connectivity index (χ1) is 10.0. The number of hydrogen-bond acceptors (Lipinski definition) is 4. The van der Waals surface area contributed by atoms with Crippen LogP contribution in [0.2, 0.25) is 0 Å². The Bertz CT molecular complexity index is 499. The van der Waals surface area contributed by atoms with Crippen molar-refractivity contribution in [2.45, 2.75) is 32.3 Å². The number of rotatable bonds is 7. The molecule has 0 atom stereocenters. The third-order valence-corrected chi connectivity index (χ3v) is 3.26. The van der Waals surface area contributed by atoms with E-state index in [1.165, 1.54) is 0 Å². The predicted molar refractivity (Wildman–Crippen MR) is 79.9 cm³/mol. The molecule has 1 aliphatic heterocycles. The third-order valence-electron chi connectivity index (χ3n) is 3.26. The Hall–Kier alpha value is -1.75. The number of hydrogen-bond donors (Lipinski definition) is 1. The summed E-state index contributed by atoms with van der Waals surface area (Å²) in [7, 11) is 1.64. The topological polar surface area (TPSA) is 56.8 Å². The summed E-state index contributed by atoms with van der Waals surface area (Å²) in [4.78, 5) is 11.7. The monoisotopic (exact) mass is 293 g/mol. The van der Waals surface area contributed by atoms with Crippen LogP contribution < -0.4 is 14.8 Å². The van der Waals surface area contributed by atoms with Crippen molar-refractivity contribution in [3.63, 3.8) is 0 Å². The first kappa shape index (κ1) is 15.6. The molecule has 0 aromatic heterocycles. The Kier molecular flexibility index (Phi) is 5.07. The highest BCUT2D eigenvalue weighted by Crippen LogP contribution is 2.41. The number of fused-ring (bicyclic) bond motifs is 1. The second-order valence-electron chi connectivity index (χ2n) is 5.77. The van der Waals surface area contributed by atoms with Crippen molar-refractivity contribution >= 4 is 5.91 Å². The van der Waals surface area contributed by atoms with Crippen molar-refractivity contribution in [1.29, 1.82) is 0 Å². The van der Waals surface area contributed by atoms with Crippen LogP contribution in [0.15, 0.2) is 18.2 Å². The molecule has 0 saturated carbocycles. The summed E-state index contributed by atoms with van der Waals surface area (Å²) in [5.41, 5.74) is 0.905. The summed E-state index contributed by atoms with van der Waals surface area (Å²) in [5, 5.41) is 2.79. The molecule has 116 valence electrons. The van der Waals surface area contributed by atoms with Gasteiger partial charge in [-0.05, 0) is 26.3 Å². The van der Waals surface area contributed by atoms with E-state index in [0.717, 1.165) is 24.2 Å². The molecule has 21 heavy (non-hydrogen) atoms. The van der Waals surface area contributed by atoms with Gasteiger partial charge in [-0.25, -0.2) is 0 Å². The molecule has 1 heterocycles. The van der Waals surface area contributed by atoms with Gasteiger partial charge in [-0.15, -0.1) is 0 Å². The van der Waals surface area contributed by atoms with Crippen LogP contribution in [0, 0.1) is 0 Å². The maximum Gasteiger partial charge on any atom is 0.257 e. The lowest BCUT2D eigenvalue weighted by atomic mass is 10.0. The minimum absolute atomic E-state index is 0.00672. The zero-order chi connectivity index (χ0) is 15.3. The Balaban J connectivity index is 1.85. The summed E-state index contributed by atoms with van der Waals surface area (Å²) in [6, 6.07) is 5.79. The highest BCUT2D eigenvalue weighted by Gasteiger charge is 2.32. The van der Waals surface area contributed by atoms with Crippen LogP contribution in [0.25, 0.3) is 0 Å². The maximum atomic E-state index is 11.7. The fourth-order valence-corrected chi connectivity index (χ4v) is 2.34. The first-order valence-electron chi connectivity index (χ1n) is 7.21. The molecule has 0 radical (unpaired) electrons. The van der Waals surface area contributed by atoms with E-state index in [4.69, 9.17) is 14.2 Å². The summed E-state index contributed by atoms with van der Waals surface area (Å²) in [5.74, 6) is 1.25. The molecule has 2 rings (SSSR count). The average Bonchev–Trinajstić information content (AvgIpc) is 2.75. The maximum absolute atomic E-state index is 11.7. The molecule has 0 saturated heterocycles. The highest BCUT2D eigenvalue weighted by molar-refractivity contribution is 5.77. The van der Waals surface area contributed by atoms with E-state index in [9.17, 15) is 4.79 Å². The van der Waals surface area contributed by atoms with Crippen molar-refractivity contribution in [1.82, 2.24) is 5.32 Å². The Morgan fingerprint density at radius 1 is 1.43 bits per heavy atom. The van der Waals surface area contributed by atoms with Crippen molar-refractivity contribution in [3.05, 3.63) is 23.8 Å². The number of carbonyl (C=O) groups excluding carboxylic acids is 1. The Morgan fingerprint density at radius 3 is 3.00 bits per heavy atom.